The molecule has 1 aromatic carbocycles. The molecule has 0 amide bonds. The van der Waals surface area contributed by atoms with Crippen molar-refractivity contribution in [2.75, 3.05) is 0 Å². The predicted octanol–water partition coefficient (Wildman–Crippen LogP) is 4.27. The molecule has 0 bridgehead atoms. The molecule has 1 aliphatic heterocycles. The molecule has 4 aromatic rings. The van der Waals surface area contributed by atoms with Gasteiger partial charge in [-0.2, -0.15) is 0 Å². The molecule has 6 nitrogen and oxygen atoms in total. The third kappa shape index (κ3) is 4.47. The molecule has 0 N–H and O–H groups in total. The fraction of sp³-hybridized carbons (Fsp3) is 0.269. The summed E-state index contributed by atoms with van der Waals surface area (Å²) in [4.78, 5) is 5.48. The van der Waals surface area contributed by atoms with Crippen LogP contribution in [0.2, 0.25) is 0 Å². The van der Waals surface area contributed by atoms with Crippen molar-refractivity contribution < 1.29 is 4.74 Å². The van der Waals surface area contributed by atoms with Crippen LogP contribution in [0, 0.1) is 31.1 Å². The summed E-state index contributed by atoms with van der Waals surface area (Å²) in [5.41, 5.74) is 4.35. The number of ether oxygens (including phenoxy) is 1. The number of hydrogen-bond acceptors (Lipinski definition) is 5. The summed E-state index contributed by atoms with van der Waals surface area (Å²) in [7, 11) is 0. The second kappa shape index (κ2) is 9.46. The summed E-state index contributed by atoms with van der Waals surface area (Å²) in [6, 6.07) is 10.5. The Hall–Kier alpha value is -3.65. The minimum Gasteiger partial charge on any atom is -0.369 e. The largest absolute Gasteiger partial charge is 0.369 e. The van der Waals surface area contributed by atoms with Gasteiger partial charge in [-0.3, -0.25) is 4.57 Å². The summed E-state index contributed by atoms with van der Waals surface area (Å²) in [6.07, 6.45) is 11.6. The lowest BCUT2D eigenvalue weighted by Gasteiger charge is -2.06. The highest BCUT2D eigenvalue weighted by molar-refractivity contribution is 7.15. The maximum atomic E-state index is 5.97. The summed E-state index contributed by atoms with van der Waals surface area (Å²) in [5.74, 6) is 11.0. The minimum absolute atomic E-state index is 0.450. The Morgan fingerprint density at radius 2 is 2.03 bits per heavy atom. The van der Waals surface area contributed by atoms with Crippen molar-refractivity contribution >= 4 is 11.3 Å². The van der Waals surface area contributed by atoms with E-state index < -0.39 is 0 Å². The van der Waals surface area contributed by atoms with E-state index in [4.69, 9.17) is 11.2 Å². The normalized spacial score (nSPS) is 12.2. The van der Waals surface area contributed by atoms with Crippen molar-refractivity contribution in [2.45, 2.75) is 45.9 Å². The Morgan fingerprint density at radius 1 is 1.15 bits per heavy atom. The highest BCUT2D eigenvalue weighted by atomic mass is 32.1. The van der Waals surface area contributed by atoms with Gasteiger partial charge in [-0.1, -0.05) is 30.3 Å². The molecule has 4 heterocycles. The van der Waals surface area contributed by atoms with Crippen molar-refractivity contribution in [1.29, 1.82) is 0 Å². The first kappa shape index (κ1) is 21.2. The molecule has 7 heteroatoms. The monoisotopic (exact) mass is 453 g/mol. The van der Waals surface area contributed by atoms with E-state index in [1.54, 1.807) is 11.3 Å². The lowest BCUT2D eigenvalue weighted by Crippen LogP contribution is -2.00. The molecule has 0 fully saturated rings. The fourth-order valence-corrected chi connectivity index (χ4v) is 5.19. The Balaban J connectivity index is 1.54. The number of rotatable bonds is 5. The second-order valence-corrected chi connectivity index (χ2v) is 8.90. The van der Waals surface area contributed by atoms with Gasteiger partial charge in [0.25, 0.3) is 0 Å². The van der Waals surface area contributed by atoms with Crippen LogP contribution in [0.1, 0.15) is 51.8 Å². The number of benzene rings is 1. The average molecular weight is 454 g/mol. The Morgan fingerprint density at radius 3 is 2.88 bits per heavy atom. The molecule has 0 saturated carbocycles. The molecule has 164 valence electrons. The van der Waals surface area contributed by atoms with Crippen molar-refractivity contribution in [3.8, 4) is 29.2 Å². The Labute approximate surface area is 197 Å². The van der Waals surface area contributed by atoms with Gasteiger partial charge < -0.3 is 9.30 Å². The maximum absolute atomic E-state index is 5.97. The van der Waals surface area contributed by atoms with Gasteiger partial charge in [-0.25, -0.2) is 4.98 Å². The predicted molar refractivity (Wildman–Crippen MR) is 128 cm³/mol. The van der Waals surface area contributed by atoms with Gasteiger partial charge in [-0.05, 0) is 42.7 Å². The molecule has 0 saturated heterocycles. The maximum Gasteiger partial charge on any atom is 0.164 e. The van der Waals surface area contributed by atoms with E-state index in [2.05, 4.69) is 61.8 Å². The van der Waals surface area contributed by atoms with Gasteiger partial charge in [-0.15, -0.1) is 33.9 Å². The number of terminal acetylenes is 1. The summed E-state index contributed by atoms with van der Waals surface area (Å²) >= 11 is 1.67. The fourth-order valence-electron chi connectivity index (χ4n) is 3.94. The number of thiophene rings is 1. The Bertz CT molecular complexity index is 1380. The van der Waals surface area contributed by atoms with Gasteiger partial charge in [0.15, 0.2) is 5.82 Å². The van der Waals surface area contributed by atoms with E-state index in [0.717, 1.165) is 58.6 Å². The molecule has 0 atom stereocenters. The van der Waals surface area contributed by atoms with Gasteiger partial charge >= 0.3 is 0 Å². The summed E-state index contributed by atoms with van der Waals surface area (Å²) < 4.78 is 10.1. The summed E-state index contributed by atoms with van der Waals surface area (Å²) in [6.45, 7) is 3.80. The van der Waals surface area contributed by atoms with Crippen LogP contribution >= 0.6 is 11.3 Å². The van der Waals surface area contributed by atoms with E-state index in [0.29, 0.717) is 13.2 Å². The quantitative estimate of drug-likeness (QED) is 0.335. The number of aryl methyl sites for hydroxylation is 2. The average Bonchev–Trinajstić information content (AvgIpc) is 3.48. The molecule has 5 rings (SSSR count). The first-order valence-electron chi connectivity index (χ1n) is 10.9. The molecule has 3 aromatic heterocycles. The number of unbranched alkanes of at least 4 members (excludes halogenated alkanes) is 1. The SMILES string of the molecule is C#CCCCn1cnc(C#Cc2sc3c(c2Cc2ccccc2)COCc2nnc(C)n2-3)c1. The standard InChI is InChI=1S/C26H23N5OS/c1-3-4-8-13-30-15-21(27-18-30)11-12-24-22(14-20-9-6-5-7-10-20)23-16-32-17-25-29-28-19(2)31(25)26(23)33-24/h1,5-7,9-10,15,18H,4,8,13-14,16-17H2,2H3. The van der Waals surface area contributed by atoms with Gasteiger partial charge in [0, 0.05) is 24.7 Å². The molecular formula is C26H23N5OS. The topological polar surface area (TPSA) is 57.8 Å². The lowest BCUT2D eigenvalue weighted by atomic mass is 10.0. The third-order valence-corrected chi connectivity index (χ3v) is 6.74. The van der Waals surface area contributed by atoms with E-state index in [1.807, 2.05) is 30.1 Å². The van der Waals surface area contributed by atoms with Crippen LogP contribution in [-0.4, -0.2) is 24.3 Å². The minimum atomic E-state index is 0.450. The Kier molecular flexibility index (Phi) is 6.08. The van der Waals surface area contributed by atoms with E-state index in [9.17, 15) is 0 Å². The van der Waals surface area contributed by atoms with Crippen molar-refractivity contribution in [1.82, 2.24) is 24.3 Å². The number of hydrogen-bond donors (Lipinski definition) is 0. The van der Waals surface area contributed by atoms with Crippen LogP contribution in [0.5, 0.6) is 0 Å². The van der Waals surface area contributed by atoms with Crippen molar-refractivity contribution in [3.63, 3.8) is 0 Å². The first-order valence-corrected chi connectivity index (χ1v) is 11.7. The van der Waals surface area contributed by atoms with Crippen LogP contribution in [-0.2, 0) is 30.9 Å². The van der Waals surface area contributed by atoms with Gasteiger partial charge in [0.2, 0.25) is 0 Å². The molecule has 0 radical (unpaired) electrons. The zero-order valence-corrected chi connectivity index (χ0v) is 19.2. The lowest BCUT2D eigenvalue weighted by molar-refractivity contribution is 0.104. The number of imidazole rings is 1. The summed E-state index contributed by atoms with van der Waals surface area (Å²) in [5, 5.41) is 9.66. The number of aromatic nitrogens is 5. The van der Waals surface area contributed by atoms with Crippen molar-refractivity contribution in [2.24, 2.45) is 0 Å². The van der Waals surface area contributed by atoms with Crippen molar-refractivity contribution in [3.05, 3.63) is 81.8 Å². The smallest absolute Gasteiger partial charge is 0.164 e. The highest BCUT2D eigenvalue weighted by Crippen LogP contribution is 2.36. The number of fused-ring (bicyclic) bond motifs is 3. The van der Waals surface area contributed by atoms with Crippen LogP contribution in [0.3, 0.4) is 0 Å². The third-order valence-electron chi connectivity index (χ3n) is 5.57. The zero-order valence-electron chi connectivity index (χ0n) is 18.4. The zero-order chi connectivity index (χ0) is 22.6. The van der Waals surface area contributed by atoms with Gasteiger partial charge in [0.1, 0.15) is 23.1 Å². The molecule has 0 unspecified atom stereocenters. The first-order chi connectivity index (χ1) is 16.2. The number of nitrogens with zero attached hydrogens (tertiary/aromatic N) is 5. The van der Waals surface area contributed by atoms with E-state index in [-0.39, 0.29) is 0 Å². The molecule has 0 spiro atoms. The van der Waals surface area contributed by atoms with E-state index >= 15 is 0 Å². The van der Waals surface area contributed by atoms with Crippen LogP contribution in [0.25, 0.3) is 5.00 Å². The molecular weight excluding hydrogens is 430 g/mol. The van der Waals surface area contributed by atoms with Crippen LogP contribution in [0.4, 0.5) is 0 Å². The molecule has 0 aliphatic carbocycles. The second-order valence-electron chi connectivity index (χ2n) is 7.90. The molecule has 1 aliphatic rings. The van der Waals surface area contributed by atoms with Gasteiger partial charge in [0.05, 0.1) is 17.8 Å². The highest BCUT2D eigenvalue weighted by Gasteiger charge is 2.25. The van der Waals surface area contributed by atoms with Crippen LogP contribution < -0.4 is 0 Å². The van der Waals surface area contributed by atoms with Crippen LogP contribution in [0.15, 0.2) is 42.9 Å². The molecule has 33 heavy (non-hydrogen) atoms. The van der Waals surface area contributed by atoms with E-state index in [1.165, 1.54) is 11.1 Å².